The van der Waals surface area contributed by atoms with Crippen molar-refractivity contribution in [1.82, 2.24) is 24.9 Å². The Balaban J connectivity index is 1.21. The van der Waals surface area contributed by atoms with Crippen LogP contribution >= 0.6 is 11.6 Å². The predicted molar refractivity (Wildman–Crippen MR) is 145 cm³/mol. The van der Waals surface area contributed by atoms with Crippen LogP contribution in [0.25, 0.3) is 0 Å². The predicted octanol–water partition coefficient (Wildman–Crippen LogP) is 4.82. The molecule has 212 valence electrons. The Morgan fingerprint density at radius 3 is 2.62 bits per heavy atom. The molecule has 2 atom stereocenters. The second-order valence-corrected chi connectivity index (χ2v) is 12.2. The molecule has 12 nitrogen and oxygen atoms in total. The smallest absolute Gasteiger partial charge is 0.408 e. The molecule has 4 fully saturated rings. The maximum atomic E-state index is 13.5. The zero-order valence-electron chi connectivity index (χ0n) is 22.5. The number of hydrogen-bond donors (Lipinski definition) is 2. The molecule has 2 amide bonds. The average molecular weight is 570 g/mol. The van der Waals surface area contributed by atoms with Gasteiger partial charge in [0.05, 0.1) is 34.8 Å². The number of nitrogens with one attached hydrogen (secondary N) is 2. The number of furan rings is 1. The van der Waals surface area contributed by atoms with Gasteiger partial charge in [0, 0.05) is 19.2 Å². The van der Waals surface area contributed by atoms with Gasteiger partial charge in [-0.1, -0.05) is 11.6 Å². The lowest BCUT2D eigenvalue weighted by Gasteiger charge is -2.61. The van der Waals surface area contributed by atoms with Crippen LogP contribution in [0.15, 0.2) is 29.0 Å². The maximum absolute atomic E-state index is 13.5. The minimum absolute atomic E-state index is 0.0818. The van der Waals surface area contributed by atoms with Gasteiger partial charge in [0.2, 0.25) is 5.91 Å². The first kappa shape index (κ1) is 26.5. The lowest BCUT2D eigenvalue weighted by Crippen LogP contribution is -2.57. The van der Waals surface area contributed by atoms with Gasteiger partial charge in [-0.05, 0) is 86.7 Å². The van der Waals surface area contributed by atoms with Crippen LogP contribution in [-0.4, -0.2) is 36.3 Å². The largest absolute Gasteiger partial charge is 0.467 e. The van der Waals surface area contributed by atoms with E-state index in [1.807, 2.05) is 6.92 Å². The lowest BCUT2D eigenvalue weighted by atomic mass is 9.46. The number of nitrogens with zero attached hydrogens (tertiary/aromatic N) is 5. The molecule has 2 N–H and O–H groups in total. The Labute approximate surface area is 235 Å². The van der Waals surface area contributed by atoms with Crippen LogP contribution in [-0.2, 0) is 23.4 Å². The third-order valence-electron chi connectivity index (χ3n) is 8.91. The zero-order chi connectivity index (χ0) is 28.2. The maximum Gasteiger partial charge on any atom is 0.408 e. The van der Waals surface area contributed by atoms with Crippen LogP contribution in [0, 0.1) is 34.3 Å². The molecule has 0 spiro atoms. The summed E-state index contributed by atoms with van der Waals surface area (Å²) in [5, 5.41) is 26.1. The molecular weight excluding hydrogens is 538 g/mol. The van der Waals surface area contributed by atoms with E-state index in [0.29, 0.717) is 48.4 Å². The zero-order valence-corrected chi connectivity index (χ0v) is 23.2. The molecular formula is C27H32ClN7O5. The number of hydrogen-bond acceptors (Lipinski definition) is 7. The van der Waals surface area contributed by atoms with E-state index in [4.69, 9.17) is 16.0 Å². The van der Waals surface area contributed by atoms with E-state index in [1.165, 1.54) is 6.26 Å². The normalized spacial score (nSPS) is 26.7. The molecule has 3 heterocycles. The Morgan fingerprint density at radius 2 is 2.00 bits per heavy atom. The molecule has 0 aliphatic heterocycles. The number of rotatable bonds is 9. The van der Waals surface area contributed by atoms with Crippen molar-refractivity contribution in [1.29, 1.82) is 0 Å². The summed E-state index contributed by atoms with van der Waals surface area (Å²) in [4.78, 5) is 37.5. The Hall–Kier alpha value is -3.67. The van der Waals surface area contributed by atoms with E-state index in [1.54, 1.807) is 34.6 Å². The summed E-state index contributed by atoms with van der Waals surface area (Å²) in [5.41, 5.74) is 0.477. The highest BCUT2D eigenvalue weighted by Crippen LogP contribution is 2.65. The van der Waals surface area contributed by atoms with E-state index in [0.717, 1.165) is 32.1 Å². The summed E-state index contributed by atoms with van der Waals surface area (Å²) < 4.78 is 8.70. The Kier molecular flexibility index (Phi) is 6.47. The van der Waals surface area contributed by atoms with Crippen molar-refractivity contribution in [2.75, 3.05) is 5.32 Å². The van der Waals surface area contributed by atoms with Crippen LogP contribution in [0.1, 0.15) is 73.8 Å². The summed E-state index contributed by atoms with van der Waals surface area (Å²) in [5.74, 6) is 0.563. The van der Waals surface area contributed by atoms with Crippen molar-refractivity contribution in [2.45, 2.75) is 77.4 Å². The molecule has 0 aromatic carbocycles. The van der Waals surface area contributed by atoms with Gasteiger partial charge >= 0.3 is 5.82 Å². The summed E-state index contributed by atoms with van der Waals surface area (Å²) in [7, 11) is 0. The molecule has 7 rings (SSSR count). The van der Waals surface area contributed by atoms with Gasteiger partial charge < -0.3 is 25.2 Å². The van der Waals surface area contributed by atoms with Crippen LogP contribution in [0.2, 0.25) is 5.02 Å². The van der Waals surface area contributed by atoms with Crippen molar-refractivity contribution in [3.05, 3.63) is 56.9 Å². The van der Waals surface area contributed by atoms with Crippen molar-refractivity contribution in [3.8, 4) is 0 Å². The molecule has 0 radical (unpaired) electrons. The first-order chi connectivity index (χ1) is 19.1. The molecule has 4 aliphatic rings. The number of carbonyl (C=O) groups excluding carboxylic acids is 2. The monoisotopic (exact) mass is 569 g/mol. The van der Waals surface area contributed by atoms with Crippen molar-refractivity contribution in [2.24, 2.45) is 17.3 Å². The topological polar surface area (TPSA) is 150 Å². The van der Waals surface area contributed by atoms with Gasteiger partial charge in [-0.2, -0.15) is 9.78 Å². The molecule has 4 bridgehead atoms. The third kappa shape index (κ3) is 4.57. The van der Waals surface area contributed by atoms with Gasteiger partial charge in [-0.3, -0.25) is 14.3 Å². The molecule has 40 heavy (non-hydrogen) atoms. The lowest BCUT2D eigenvalue weighted by molar-refractivity contribution is -0.389. The Morgan fingerprint density at radius 1 is 1.25 bits per heavy atom. The first-order valence-electron chi connectivity index (χ1n) is 13.7. The summed E-state index contributed by atoms with van der Waals surface area (Å²) in [6.07, 6.45) is 8.94. The molecule has 4 saturated carbocycles. The SMILES string of the molecule is CCn1cc(NC(=O)CC23CC4CC(C2)CC(n2nc([N+](=O)[O-])c(Cl)c2C)(C4)C3)c(C(=O)NCc2ccco2)n1. The molecule has 4 aliphatic carbocycles. The number of aryl methyl sites for hydroxylation is 1. The summed E-state index contributed by atoms with van der Waals surface area (Å²) in [6.45, 7) is 4.44. The van der Waals surface area contributed by atoms with E-state index >= 15 is 0 Å². The van der Waals surface area contributed by atoms with Crippen molar-refractivity contribution < 1.29 is 18.9 Å². The second kappa shape index (κ2) is 9.76. The fourth-order valence-corrected chi connectivity index (χ4v) is 8.13. The molecule has 0 saturated heterocycles. The molecule has 13 heteroatoms. The van der Waals surface area contributed by atoms with Gasteiger partial charge in [-0.25, -0.2) is 0 Å². The molecule has 3 aromatic rings. The van der Waals surface area contributed by atoms with Gasteiger partial charge in [0.1, 0.15) is 5.76 Å². The van der Waals surface area contributed by atoms with Crippen molar-refractivity contribution >= 4 is 34.9 Å². The van der Waals surface area contributed by atoms with Crippen LogP contribution in [0.5, 0.6) is 0 Å². The quantitative estimate of drug-likeness (QED) is 0.277. The van der Waals surface area contributed by atoms with Gasteiger partial charge in [0.25, 0.3) is 5.91 Å². The van der Waals surface area contributed by atoms with E-state index in [9.17, 15) is 19.7 Å². The Bertz CT molecular complexity index is 1460. The third-order valence-corrected chi connectivity index (χ3v) is 9.36. The minimum Gasteiger partial charge on any atom is -0.467 e. The van der Waals surface area contributed by atoms with Crippen LogP contribution in [0.3, 0.4) is 0 Å². The van der Waals surface area contributed by atoms with Crippen molar-refractivity contribution in [3.63, 3.8) is 0 Å². The highest BCUT2D eigenvalue weighted by atomic mass is 35.5. The van der Waals surface area contributed by atoms with Crippen LogP contribution in [0.4, 0.5) is 11.5 Å². The highest BCUT2D eigenvalue weighted by molar-refractivity contribution is 6.33. The molecule has 3 aromatic heterocycles. The summed E-state index contributed by atoms with van der Waals surface area (Å²) >= 11 is 6.33. The fraction of sp³-hybridized carbons (Fsp3) is 0.556. The summed E-state index contributed by atoms with van der Waals surface area (Å²) in [6, 6.07) is 3.51. The number of aromatic nitrogens is 4. The first-order valence-corrected chi connectivity index (χ1v) is 14.1. The fourth-order valence-electron chi connectivity index (χ4n) is 7.95. The minimum atomic E-state index is -0.533. The highest BCUT2D eigenvalue weighted by Gasteiger charge is 2.61. The number of anilines is 1. The number of nitro groups is 1. The van der Waals surface area contributed by atoms with E-state index in [2.05, 4.69) is 20.8 Å². The average Bonchev–Trinajstić information content (AvgIpc) is 3.61. The standard InChI is InChI=1S/C27H32ClN7O5/c1-3-33-14-20(23(31-33)25(37)29-13-19-5-4-6-40-19)30-21(36)12-26-8-17-7-18(9-26)11-27(10-17,15-26)34-16(2)22(28)24(32-34)35(38)39/h4-6,14,17-18H,3,7-13,15H2,1-2H3,(H,29,37)(H,30,36). The van der Waals surface area contributed by atoms with Gasteiger partial charge in [0.15, 0.2) is 10.7 Å². The number of halogens is 1. The van der Waals surface area contributed by atoms with E-state index in [-0.39, 0.29) is 34.4 Å². The van der Waals surface area contributed by atoms with Gasteiger partial charge in [-0.15, -0.1) is 0 Å². The second-order valence-electron chi connectivity index (χ2n) is 11.8. The molecule has 2 unspecified atom stereocenters. The van der Waals surface area contributed by atoms with Crippen LogP contribution < -0.4 is 10.6 Å². The number of amides is 2. The number of carbonyl (C=O) groups is 2. The van der Waals surface area contributed by atoms with E-state index < -0.39 is 16.4 Å².